The Morgan fingerprint density at radius 3 is 1.44 bits per heavy atom. The van der Waals surface area contributed by atoms with Crippen LogP contribution < -0.4 is 34.9 Å². The molecule has 10 atom stereocenters. The molecule has 4 amide bonds. The lowest BCUT2D eigenvalue weighted by atomic mass is 9.68. The monoisotopic (exact) mass is 1470 g/mol. The van der Waals surface area contributed by atoms with Crippen LogP contribution in [0.4, 0.5) is 11.4 Å². The Bertz CT molecular complexity index is 4000. The van der Waals surface area contributed by atoms with E-state index in [1.807, 2.05) is 29.0 Å². The van der Waals surface area contributed by atoms with Crippen LogP contribution in [0.25, 0.3) is 0 Å². The van der Waals surface area contributed by atoms with E-state index in [1.165, 1.54) is 55.3 Å². The number of amides is 4. The number of methoxy groups -OCH3 is 2. The normalized spacial score (nSPS) is 29.3. The van der Waals surface area contributed by atoms with Gasteiger partial charge >= 0.3 is 10.2 Å². The van der Waals surface area contributed by atoms with Crippen molar-refractivity contribution in [1.29, 1.82) is 0 Å². The molecule has 2 saturated carbocycles. The number of carbonyl (C=O) groups is 4. The average Bonchev–Trinajstić information content (AvgIpc) is 1.69. The van der Waals surface area contributed by atoms with Crippen molar-refractivity contribution >= 4 is 78.6 Å². The standard InChI is InChI=1S/C37H49ClN4O7S.C35H44ClN3O5.C2H8N2O2S/c1-40(2)50(46,47)39-35(44)37(45)21-34(43)41(3)18-7-5-6-10-32(48-4)29-14-11-26(29)22-42-23-36(24-49-33-16-12-27(37)20-31(33)42)17-8-9-25-19-28(38)13-15-30(25)36;1-38-16-5-3-4-8-30(43-2)27-12-9-24(27)20-39-21-34(15-6-7-23-17-26(36)11-13-28(23)34)22-44-31-14-10-25(18-29(31)39)35(42,33(37)41)19-32(38)40;1-4(2)7(3,5)6/h6,10,12-13,15-16,19-20,26,29,32,45H,5,7-9,11,14,17-18,21-24H2,1-4H3,(H,39,44);4,8,10-11,13-14,17-18,24,27,30,42H,3,5-7,9,12,15-16,19-22H2,1-2H3,(H2,37,41);1-2H3,(H2,3,5,6)/b10-6+;8-4+;/t26-,29+,32-,36-,37-;24-,27+,30-,34-,35+;/m00./s1. The van der Waals surface area contributed by atoms with Crippen molar-refractivity contribution in [2.24, 2.45) is 34.5 Å². The summed E-state index contributed by atoms with van der Waals surface area (Å²) in [5.41, 5.74) is 7.43. The second-order valence-electron chi connectivity index (χ2n) is 29.2. The van der Waals surface area contributed by atoms with Crippen LogP contribution in [-0.2, 0) is 83.9 Å². The largest absolute Gasteiger partial charge is 0.490 e. The minimum absolute atomic E-state index is 0.0179. The molecule has 4 aliphatic carbocycles. The predicted molar refractivity (Wildman–Crippen MR) is 390 cm³/mol. The van der Waals surface area contributed by atoms with Gasteiger partial charge in [-0.25, -0.2) is 9.86 Å². The number of nitrogens with two attached hydrogens (primary N) is 2. The Balaban J connectivity index is 0.000000200. The van der Waals surface area contributed by atoms with E-state index in [1.54, 1.807) is 57.5 Å². The van der Waals surface area contributed by atoms with Crippen LogP contribution >= 0.6 is 23.2 Å². The van der Waals surface area contributed by atoms with Gasteiger partial charge in [-0.05, 0) is 195 Å². The maximum Gasteiger partial charge on any atom is 0.303 e. The highest BCUT2D eigenvalue weighted by Gasteiger charge is 2.50. The molecule has 4 aromatic carbocycles. The van der Waals surface area contributed by atoms with E-state index < -0.39 is 62.2 Å². The molecule has 0 aromatic heterocycles. The van der Waals surface area contributed by atoms with Gasteiger partial charge in [0.1, 0.15) is 11.5 Å². The van der Waals surface area contributed by atoms with Crippen LogP contribution in [0.15, 0.2) is 97.1 Å². The minimum atomic E-state index is -4.28. The van der Waals surface area contributed by atoms with Gasteiger partial charge in [-0.15, -0.1) is 0 Å². The number of allylic oxidation sites excluding steroid dienone is 2. The van der Waals surface area contributed by atoms with Gasteiger partial charge in [-0.2, -0.15) is 25.4 Å². The molecule has 0 saturated heterocycles. The number of primary amides is 1. The number of hydrogen-bond donors (Lipinski definition) is 5. The van der Waals surface area contributed by atoms with Gasteiger partial charge in [0.2, 0.25) is 11.8 Å². The zero-order chi connectivity index (χ0) is 73.0. The van der Waals surface area contributed by atoms with Gasteiger partial charge in [0.15, 0.2) is 11.2 Å². The van der Waals surface area contributed by atoms with Crippen molar-refractivity contribution in [2.45, 2.75) is 137 Å². The molecule has 4 aliphatic heterocycles. The van der Waals surface area contributed by atoms with E-state index in [4.69, 9.17) is 47.9 Å². The Labute approximate surface area is 605 Å². The van der Waals surface area contributed by atoms with Crippen LogP contribution in [0, 0.1) is 23.7 Å². The van der Waals surface area contributed by atoms with E-state index in [-0.39, 0.29) is 34.5 Å². The molecule has 2 spiro atoms. The van der Waals surface area contributed by atoms with E-state index in [0.717, 1.165) is 109 Å². The Hall–Kier alpha value is -6.36. The van der Waals surface area contributed by atoms with Gasteiger partial charge in [-0.3, -0.25) is 19.2 Å². The summed E-state index contributed by atoms with van der Waals surface area (Å²) in [5, 5.41) is 30.0. The third-order valence-electron chi connectivity index (χ3n) is 22.3. The third-order valence-corrected chi connectivity index (χ3v) is 25.2. The van der Waals surface area contributed by atoms with Crippen molar-refractivity contribution in [3.8, 4) is 11.5 Å². The van der Waals surface area contributed by atoms with Gasteiger partial charge in [0.25, 0.3) is 22.0 Å². The maximum atomic E-state index is 13.9. The first-order chi connectivity index (χ1) is 47.8. The number of anilines is 2. The molecule has 27 heteroatoms. The molecule has 8 aliphatic rings. The smallest absolute Gasteiger partial charge is 0.303 e. The lowest BCUT2D eigenvalue weighted by Gasteiger charge is -2.46. The Morgan fingerprint density at radius 1 is 0.624 bits per heavy atom. The molecule has 4 bridgehead atoms. The summed E-state index contributed by atoms with van der Waals surface area (Å²) >= 11 is 12.9. The number of hydrogen-bond acceptors (Lipinski definition) is 16. The molecule has 23 nitrogen and oxygen atoms in total. The topological polar surface area (TPSA) is 297 Å². The van der Waals surface area contributed by atoms with Gasteiger partial charge < -0.3 is 54.5 Å². The van der Waals surface area contributed by atoms with Crippen molar-refractivity contribution in [3.05, 3.63) is 141 Å². The third kappa shape index (κ3) is 17.1. The molecule has 7 N–H and O–H groups in total. The first kappa shape index (κ1) is 77.3. The minimum Gasteiger partial charge on any atom is -0.490 e. The number of aliphatic hydroxyl groups is 2. The molecule has 552 valence electrons. The number of halogens is 2. The number of nitrogens with zero attached hydrogens (tertiary/aromatic N) is 6. The van der Waals surface area contributed by atoms with E-state index in [9.17, 15) is 46.2 Å². The Kier molecular flexibility index (Phi) is 24.4. The SMILES string of the molecule is CN(C)S(N)(=O)=O.CO[C@H]1/C=C/CCCN(C)C(=O)C[C@@](O)(C(=O)NS(=O)(=O)N(C)C)c2ccc3c(c2)N(C[C@@H]2CC[C@H]21)C[C@@]1(CCCc2cc(Cl)ccc21)CO3.CO[C@H]1/C=C/CCCN(C)C(=O)C[C@](O)(C(N)=O)c2ccc3c(c2)N(C[C@@H]2CC[C@H]21)C[C@@]1(CCCc2cc(Cl)ccc21)CO3. The fourth-order valence-corrected chi connectivity index (χ4v) is 16.8. The van der Waals surface area contributed by atoms with Gasteiger partial charge in [0.05, 0.1) is 49.6 Å². The lowest BCUT2D eigenvalue weighted by Crippen LogP contribution is -2.52. The van der Waals surface area contributed by atoms with Crippen molar-refractivity contribution < 1.29 is 65.2 Å². The zero-order valence-corrected chi connectivity index (χ0v) is 62.5. The molecule has 4 heterocycles. The predicted octanol–water partition coefficient (Wildman–Crippen LogP) is 7.64. The summed E-state index contributed by atoms with van der Waals surface area (Å²) in [5.74, 6) is -0.318. The molecule has 101 heavy (non-hydrogen) atoms. The fourth-order valence-electron chi connectivity index (χ4n) is 15.9. The van der Waals surface area contributed by atoms with E-state index in [0.29, 0.717) is 104 Å². The number of carbonyl (C=O) groups excluding carboxylic acids is 4. The van der Waals surface area contributed by atoms with Crippen molar-refractivity contribution in [2.75, 3.05) is 119 Å². The number of rotatable bonds is 7. The number of nitrogens with one attached hydrogen (secondary N) is 1. The molecular formula is C74H101Cl2N9O14S2. The summed E-state index contributed by atoms with van der Waals surface area (Å²) in [4.78, 5) is 61.3. The summed E-state index contributed by atoms with van der Waals surface area (Å²) in [6.45, 7) is 4.62. The second-order valence-corrected chi connectivity index (χ2v) is 33.8. The Morgan fingerprint density at radius 2 is 1.05 bits per heavy atom. The van der Waals surface area contributed by atoms with Gasteiger partial charge in [-0.1, -0.05) is 71.8 Å². The first-order valence-electron chi connectivity index (χ1n) is 35.0. The molecule has 4 aromatic rings. The molecule has 0 radical (unpaired) electrons. The van der Waals surface area contributed by atoms with Crippen LogP contribution in [0.1, 0.15) is 123 Å². The zero-order valence-electron chi connectivity index (χ0n) is 59.4. The molecule has 0 unspecified atom stereocenters. The highest BCUT2D eigenvalue weighted by Crippen LogP contribution is 2.51. The lowest BCUT2D eigenvalue weighted by molar-refractivity contribution is -0.148. The summed E-state index contributed by atoms with van der Waals surface area (Å²) in [7, 11) is 4.46. The van der Waals surface area contributed by atoms with Crippen LogP contribution in [-0.4, -0.2) is 190 Å². The van der Waals surface area contributed by atoms with Crippen molar-refractivity contribution in [3.63, 3.8) is 0 Å². The summed E-state index contributed by atoms with van der Waals surface area (Å²) in [6.07, 6.45) is 20.5. The maximum absolute atomic E-state index is 13.9. The van der Waals surface area contributed by atoms with Crippen LogP contribution in [0.2, 0.25) is 10.0 Å². The van der Waals surface area contributed by atoms with Crippen molar-refractivity contribution in [1.82, 2.24) is 23.1 Å². The summed E-state index contributed by atoms with van der Waals surface area (Å²) < 4.78 is 74.7. The van der Waals surface area contributed by atoms with Gasteiger partial charge in [0, 0.05) is 117 Å². The second kappa shape index (κ2) is 31.9. The van der Waals surface area contributed by atoms with Crippen LogP contribution in [0.3, 0.4) is 0 Å². The van der Waals surface area contributed by atoms with E-state index >= 15 is 0 Å². The fraction of sp³-hybridized carbons (Fsp3) is 0.568. The molecular weight excluding hydrogens is 1370 g/mol. The van der Waals surface area contributed by atoms with E-state index in [2.05, 4.69) is 63.5 Å². The molecule has 2 fully saturated rings. The highest BCUT2D eigenvalue weighted by molar-refractivity contribution is 7.87. The highest BCUT2D eigenvalue weighted by atomic mass is 35.5. The number of benzene rings is 4. The first-order valence-corrected chi connectivity index (χ1v) is 38.7. The number of ether oxygens (including phenoxy) is 4. The molecule has 12 rings (SSSR count). The number of fused-ring (bicyclic) bond motifs is 8. The quantitative estimate of drug-likeness (QED) is 0.111. The van der Waals surface area contributed by atoms with Crippen LogP contribution in [0.5, 0.6) is 11.5 Å². The average molecular weight is 1480 g/mol. The number of aryl methyl sites for hydroxylation is 2. The summed E-state index contributed by atoms with van der Waals surface area (Å²) in [6, 6.07) is 22.6.